The highest BCUT2D eigenvalue weighted by atomic mass is 16.5. The van der Waals surface area contributed by atoms with Gasteiger partial charge in [-0.05, 0) is 47.9 Å². The molecule has 1 aliphatic rings. The number of carbonyl (C=O) groups excluding carboxylic acids is 2. The van der Waals surface area contributed by atoms with E-state index >= 15 is 0 Å². The Labute approximate surface area is 213 Å². The van der Waals surface area contributed by atoms with Gasteiger partial charge in [0.15, 0.2) is 0 Å². The van der Waals surface area contributed by atoms with Gasteiger partial charge in [-0.25, -0.2) is 0 Å². The molecule has 1 N–H and O–H groups in total. The van der Waals surface area contributed by atoms with Crippen LogP contribution in [0.3, 0.4) is 0 Å². The van der Waals surface area contributed by atoms with E-state index in [9.17, 15) is 9.59 Å². The summed E-state index contributed by atoms with van der Waals surface area (Å²) in [7, 11) is 3.40. The Morgan fingerprint density at radius 2 is 1.69 bits per heavy atom. The third kappa shape index (κ3) is 5.60. The van der Waals surface area contributed by atoms with Crippen molar-refractivity contribution in [3.8, 4) is 5.75 Å². The lowest BCUT2D eigenvalue weighted by molar-refractivity contribution is -0.124. The summed E-state index contributed by atoms with van der Waals surface area (Å²) in [5.41, 5.74) is 3.56. The quantitative estimate of drug-likeness (QED) is 0.425. The summed E-state index contributed by atoms with van der Waals surface area (Å²) in [5.74, 6) is 0.105. The fraction of sp³-hybridized carbons (Fsp3) is 0.333. The number of nitrogens with one attached hydrogen (secondary N) is 1. The van der Waals surface area contributed by atoms with Crippen molar-refractivity contribution in [2.45, 2.75) is 31.8 Å². The average molecular weight is 486 g/mol. The highest BCUT2D eigenvalue weighted by Gasteiger charge is 2.42. The molecule has 0 saturated heterocycles. The number of nitrogens with zero attached hydrogens (tertiary/aromatic N) is 2. The Morgan fingerprint density at radius 1 is 1.00 bits per heavy atom. The van der Waals surface area contributed by atoms with Crippen LogP contribution in [0.2, 0.25) is 0 Å². The molecule has 36 heavy (non-hydrogen) atoms. The maximum Gasteiger partial charge on any atom is 0.254 e. The van der Waals surface area contributed by atoms with Crippen LogP contribution in [-0.4, -0.2) is 55.4 Å². The molecule has 0 aliphatic carbocycles. The first-order chi connectivity index (χ1) is 17.5. The highest BCUT2D eigenvalue weighted by molar-refractivity contribution is 6.01. The molecule has 0 unspecified atom stereocenters. The van der Waals surface area contributed by atoms with E-state index in [0.717, 1.165) is 42.9 Å². The fourth-order valence-electron chi connectivity index (χ4n) is 4.99. The van der Waals surface area contributed by atoms with E-state index in [1.165, 1.54) is 5.56 Å². The molecule has 4 rings (SSSR count). The molecule has 0 bridgehead atoms. The number of hydrogen-bond donors (Lipinski definition) is 1. The molecule has 6 nitrogen and oxygen atoms in total. The fourth-order valence-corrected chi connectivity index (χ4v) is 4.99. The maximum absolute atomic E-state index is 13.6. The van der Waals surface area contributed by atoms with Gasteiger partial charge in [-0.15, -0.1) is 0 Å². The molecule has 2 amide bonds. The summed E-state index contributed by atoms with van der Waals surface area (Å²) in [5, 5.41) is 3.17. The van der Waals surface area contributed by atoms with E-state index in [1.54, 1.807) is 25.1 Å². The predicted molar refractivity (Wildman–Crippen MR) is 142 cm³/mol. The molecular weight excluding hydrogens is 450 g/mol. The second kappa shape index (κ2) is 11.9. The molecule has 3 aromatic carbocycles. The molecule has 0 fully saturated rings. The van der Waals surface area contributed by atoms with Gasteiger partial charge in [0.05, 0.1) is 19.1 Å². The topological polar surface area (TPSA) is 61.9 Å². The number of methoxy groups -OCH3 is 1. The highest BCUT2D eigenvalue weighted by Crippen LogP contribution is 2.42. The van der Waals surface area contributed by atoms with Gasteiger partial charge in [0.1, 0.15) is 5.75 Å². The number of likely N-dealkylation sites (N-methyl/N-ethyl adjacent to an activating group) is 1. The summed E-state index contributed by atoms with van der Waals surface area (Å²) < 4.78 is 5.30. The summed E-state index contributed by atoms with van der Waals surface area (Å²) in [6.07, 6.45) is 0.850. The molecule has 0 aromatic heterocycles. The second-order valence-corrected chi connectivity index (χ2v) is 9.20. The van der Waals surface area contributed by atoms with Crippen LogP contribution in [0.1, 0.15) is 52.4 Å². The Hall–Kier alpha value is -3.64. The normalized spacial score (nSPS) is 17.1. The van der Waals surface area contributed by atoms with Crippen LogP contribution in [0.25, 0.3) is 0 Å². The predicted octanol–water partition coefficient (Wildman–Crippen LogP) is 4.63. The SMILES string of the molecule is CCN(CCCNC(=O)[C@H]1c2ccccc2C(=O)N(C)[C@H]1c1ccc(OC)cc1)Cc1ccccc1. The Balaban J connectivity index is 1.48. The standard InChI is InChI=1S/C30H35N3O3/c1-4-33(21-22-11-6-5-7-12-22)20-10-19-31-29(34)27-25-13-8-9-14-26(25)30(35)32(2)28(27)23-15-17-24(36-3)18-16-23/h5-9,11-18,27-28H,4,10,19-21H2,1-3H3,(H,31,34)/t27-,28-/m0/s1. The number of ether oxygens (including phenoxy) is 1. The second-order valence-electron chi connectivity index (χ2n) is 9.20. The van der Waals surface area contributed by atoms with Crippen molar-refractivity contribution in [1.82, 2.24) is 15.1 Å². The van der Waals surface area contributed by atoms with Gasteiger partial charge in [-0.1, -0.05) is 67.6 Å². The smallest absolute Gasteiger partial charge is 0.254 e. The van der Waals surface area contributed by atoms with Crippen LogP contribution in [0, 0.1) is 0 Å². The lowest BCUT2D eigenvalue weighted by Gasteiger charge is -2.39. The van der Waals surface area contributed by atoms with Gasteiger partial charge in [0.25, 0.3) is 5.91 Å². The van der Waals surface area contributed by atoms with Crippen LogP contribution in [-0.2, 0) is 11.3 Å². The minimum absolute atomic E-state index is 0.0614. The first-order valence-electron chi connectivity index (χ1n) is 12.6. The summed E-state index contributed by atoms with van der Waals surface area (Å²) in [4.78, 5) is 30.9. The van der Waals surface area contributed by atoms with Crippen molar-refractivity contribution in [3.63, 3.8) is 0 Å². The van der Waals surface area contributed by atoms with Gasteiger partial charge in [-0.2, -0.15) is 0 Å². The number of fused-ring (bicyclic) bond motifs is 1. The lowest BCUT2D eigenvalue weighted by Crippen LogP contribution is -2.46. The zero-order valence-corrected chi connectivity index (χ0v) is 21.3. The van der Waals surface area contributed by atoms with E-state index in [-0.39, 0.29) is 11.8 Å². The molecule has 1 aliphatic heterocycles. The summed E-state index contributed by atoms with van der Waals surface area (Å²) in [6.45, 7) is 5.48. The molecule has 2 atom stereocenters. The van der Waals surface area contributed by atoms with Crippen molar-refractivity contribution in [3.05, 3.63) is 101 Å². The Bertz CT molecular complexity index is 1160. The van der Waals surface area contributed by atoms with E-state index in [4.69, 9.17) is 4.74 Å². The molecule has 1 heterocycles. The minimum Gasteiger partial charge on any atom is -0.497 e. The third-order valence-electron chi connectivity index (χ3n) is 6.97. The van der Waals surface area contributed by atoms with Crippen LogP contribution in [0.5, 0.6) is 5.75 Å². The molecular formula is C30H35N3O3. The van der Waals surface area contributed by atoms with Crippen molar-refractivity contribution in [1.29, 1.82) is 0 Å². The van der Waals surface area contributed by atoms with E-state index in [2.05, 4.69) is 41.4 Å². The largest absolute Gasteiger partial charge is 0.497 e. The van der Waals surface area contributed by atoms with Crippen LogP contribution >= 0.6 is 0 Å². The van der Waals surface area contributed by atoms with Crippen LogP contribution in [0.15, 0.2) is 78.9 Å². The zero-order chi connectivity index (χ0) is 25.5. The molecule has 188 valence electrons. The number of carbonyl (C=O) groups is 2. The molecule has 0 spiro atoms. The molecule has 3 aromatic rings. The Morgan fingerprint density at radius 3 is 2.39 bits per heavy atom. The van der Waals surface area contributed by atoms with Crippen molar-refractivity contribution < 1.29 is 14.3 Å². The molecule has 0 radical (unpaired) electrons. The number of rotatable bonds is 10. The third-order valence-corrected chi connectivity index (χ3v) is 6.97. The van der Waals surface area contributed by atoms with Gasteiger partial charge in [-0.3, -0.25) is 14.5 Å². The average Bonchev–Trinajstić information content (AvgIpc) is 2.92. The van der Waals surface area contributed by atoms with E-state index < -0.39 is 12.0 Å². The van der Waals surface area contributed by atoms with Gasteiger partial charge in [0.2, 0.25) is 5.91 Å². The zero-order valence-electron chi connectivity index (χ0n) is 21.3. The van der Waals surface area contributed by atoms with Gasteiger partial charge >= 0.3 is 0 Å². The molecule has 0 saturated carbocycles. The van der Waals surface area contributed by atoms with Gasteiger partial charge < -0.3 is 15.0 Å². The van der Waals surface area contributed by atoms with E-state index in [0.29, 0.717) is 12.1 Å². The van der Waals surface area contributed by atoms with Crippen LogP contribution < -0.4 is 10.1 Å². The first kappa shape index (κ1) is 25.5. The van der Waals surface area contributed by atoms with E-state index in [1.807, 2.05) is 48.5 Å². The Kier molecular flexibility index (Phi) is 8.39. The minimum atomic E-state index is -0.496. The maximum atomic E-state index is 13.6. The monoisotopic (exact) mass is 485 g/mol. The number of hydrogen-bond acceptors (Lipinski definition) is 4. The summed E-state index contributed by atoms with van der Waals surface area (Å²) >= 11 is 0. The van der Waals surface area contributed by atoms with Crippen molar-refractivity contribution in [2.24, 2.45) is 0 Å². The molecule has 6 heteroatoms. The number of benzene rings is 3. The lowest BCUT2D eigenvalue weighted by atomic mass is 9.79. The van der Waals surface area contributed by atoms with Crippen molar-refractivity contribution >= 4 is 11.8 Å². The van der Waals surface area contributed by atoms with Gasteiger partial charge in [0, 0.05) is 32.2 Å². The summed E-state index contributed by atoms with van der Waals surface area (Å²) in [6, 6.07) is 25.1. The van der Waals surface area contributed by atoms with Crippen LogP contribution in [0.4, 0.5) is 0 Å². The van der Waals surface area contributed by atoms with Crippen molar-refractivity contribution in [2.75, 3.05) is 33.8 Å². The first-order valence-corrected chi connectivity index (χ1v) is 12.6. The number of amides is 2.